The second kappa shape index (κ2) is 7.45. The highest BCUT2D eigenvalue weighted by Crippen LogP contribution is 2.27. The molecule has 0 N–H and O–H groups in total. The second-order valence-electron chi connectivity index (χ2n) is 5.32. The summed E-state index contributed by atoms with van der Waals surface area (Å²) in [5.41, 5.74) is 0. The third-order valence-corrected chi connectivity index (χ3v) is 4.54. The lowest BCUT2D eigenvalue weighted by Crippen LogP contribution is -2.13. The molecule has 1 nitrogen and oxygen atoms in total. The first-order chi connectivity index (χ1) is 7.22. The van der Waals surface area contributed by atoms with Gasteiger partial charge in [0.25, 0.3) is 0 Å². The third-order valence-electron chi connectivity index (χ3n) is 3.27. The molecule has 89 valence electrons. The molecule has 2 unspecified atom stereocenters. The van der Waals surface area contributed by atoms with Crippen molar-refractivity contribution in [3.05, 3.63) is 0 Å². The van der Waals surface area contributed by atoms with Gasteiger partial charge in [-0.1, -0.05) is 45.7 Å². The Morgan fingerprint density at radius 2 is 2.00 bits per heavy atom. The Kier molecular flexibility index (Phi) is 6.58. The van der Waals surface area contributed by atoms with Gasteiger partial charge < -0.3 is 4.74 Å². The van der Waals surface area contributed by atoms with Crippen LogP contribution in [0, 0.1) is 5.92 Å². The highest BCUT2D eigenvalue weighted by atomic mass is 28.3. The molecule has 1 rings (SSSR count). The zero-order valence-corrected chi connectivity index (χ0v) is 11.7. The van der Waals surface area contributed by atoms with E-state index in [9.17, 15) is 0 Å². The van der Waals surface area contributed by atoms with Gasteiger partial charge in [-0.05, 0) is 24.8 Å². The number of hydrogen-bond acceptors (Lipinski definition) is 1. The van der Waals surface area contributed by atoms with Crippen LogP contribution in [0.5, 0.6) is 0 Å². The molecule has 2 heteroatoms. The number of rotatable bonds is 7. The Hall–Kier alpha value is 0.177. The van der Waals surface area contributed by atoms with E-state index in [2.05, 4.69) is 20.0 Å². The van der Waals surface area contributed by atoms with E-state index < -0.39 is 0 Å². The molecule has 0 amide bonds. The third kappa shape index (κ3) is 5.72. The standard InChI is InChI=1S/C13H27OSi/c1-4-5-6-7-8-12-9-13(14-10-12)11-15(2)3/h12-13H,4-11H2,1-3H3. The predicted octanol–water partition coefficient (Wildman–Crippen LogP) is 4.12. The first kappa shape index (κ1) is 13.2. The molecule has 15 heavy (non-hydrogen) atoms. The fourth-order valence-electron chi connectivity index (χ4n) is 2.44. The van der Waals surface area contributed by atoms with Gasteiger partial charge in [0.05, 0.1) is 6.10 Å². The van der Waals surface area contributed by atoms with Crippen LogP contribution in [0.3, 0.4) is 0 Å². The maximum absolute atomic E-state index is 5.86. The van der Waals surface area contributed by atoms with Gasteiger partial charge >= 0.3 is 0 Å². The van der Waals surface area contributed by atoms with Crippen LogP contribution in [-0.4, -0.2) is 21.5 Å². The van der Waals surface area contributed by atoms with Crippen molar-refractivity contribution in [1.82, 2.24) is 0 Å². The second-order valence-corrected chi connectivity index (χ2v) is 8.14. The van der Waals surface area contributed by atoms with Gasteiger partial charge in [0, 0.05) is 15.4 Å². The molecule has 1 aliphatic heterocycles. The van der Waals surface area contributed by atoms with Crippen molar-refractivity contribution in [3.8, 4) is 0 Å². The summed E-state index contributed by atoms with van der Waals surface area (Å²) in [5.74, 6) is 0.883. The average molecular weight is 227 g/mol. The predicted molar refractivity (Wildman–Crippen MR) is 68.9 cm³/mol. The molecule has 1 fully saturated rings. The molecule has 0 aliphatic carbocycles. The van der Waals surface area contributed by atoms with E-state index >= 15 is 0 Å². The minimum atomic E-state index is -0.0943. The van der Waals surface area contributed by atoms with Crippen molar-refractivity contribution in [1.29, 1.82) is 0 Å². The minimum Gasteiger partial charge on any atom is -0.378 e. The van der Waals surface area contributed by atoms with Crippen LogP contribution in [0.4, 0.5) is 0 Å². The summed E-state index contributed by atoms with van der Waals surface area (Å²) in [4.78, 5) is 0. The minimum absolute atomic E-state index is 0.0943. The van der Waals surface area contributed by atoms with Crippen molar-refractivity contribution >= 4 is 8.80 Å². The molecule has 0 aromatic carbocycles. The number of ether oxygens (including phenoxy) is 1. The van der Waals surface area contributed by atoms with E-state index in [0.29, 0.717) is 6.10 Å². The van der Waals surface area contributed by atoms with Gasteiger partial charge in [0.1, 0.15) is 0 Å². The lowest BCUT2D eigenvalue weighted by Gasteiger charge is -2.10. The highest BCUT2D eigenvalue weighted by Gasteiger charge is 2.25. The lowest BCUT2D eigenvalue weighted by atomic mass is 9.98. The van der Waals surface area contributed by atoms with Crippen molar-refractivity contribution in [3.63, 3.8) is 0 Å². The summed E-state index contributed by atoms with van der Waals surface area (Å²) in [7, 11) is -0.0943. The summed E-state index contributed by atoms with van der Waals surface area (Å²) in [6.45, 7) is 8.11. The SMILES string of the molecule is CCCCCCC1COC(C[Si](C)C)C1. The average Bonchev–Trinajstić information content (AvgIpc) is 2.59. The van der Waals surface area contributed by atoms with Gasteiger partial charge in [-0.25, -0.2) is 0 Å². The maximum Gasteiger partial charge on any atom is 0.0553 e. The molecule has 2 atom stereocenters. The number of unbranched alkanes of at least 4 members (excludes halogenated alkanes) is 3. The molecule has 1 heterocycles. The lowest BCUT2D eigenvalue weighted by molar-refractivity contribution is 0.119. The summed E-state index contributed by atoms with van der Waals surface area (Å²) in [6.07, 6.45) is 8.98. The molecule has 0 aromatic heterocycles. The molecule has 1 saturated heterocycles. The van der Waals surface area contributed by atoms with Gasteiger partial charge in [-0.3, -0.25) is 0 Å². The maximum atomic E-state index is 5.86. The van der Waals surface area contributed by atoms with Crippen molar-refractivity contribution in [2.75, 3.05) is 6.61 Å². The van der Waals surface area contributed by atoms with E-state index in [4.69, 9.17) is 4.74 Å². The normalized spacial score (nSPS) is 26.4. The van der Waals surface area contributed by atoms with Gasteiger partial charge in [0.15, 0.2) is 0 Å². The molecule has 0 saturated carbocycles. The largest absolute Gasteiger partial charge is 0.378 e. The summed E-state index contributed by atoms with van der Waals surface area (Å²) in [6, 6.07) is 1.36. The topological polar surface area (TPSA) is 9.23 Å². The van der Waals surface area contributed by atoms with E-state index in [1.54, 1.807) is 0 Å². The van der Waals surface area contributed by atoms with E-state index in [0.717, 1.165) is 12.5 Å². The van der Waals surface area contributed by atoms with Crippen LogP contribution in [0.15, 0.2) is 0 Å². The Morgan fingerprint density at radius 1 is 1.20 bits per heavy atom. The molecule has 0 aromatic rings. The Morgan fingerprint density at radius 3 is 2.67 bits per heavy atom. The Balaban J connectivity index is 2.03. The first-order valence-corrected chi connectivity index (χ1v) is 9.33. The Labute approximate surface area is 97.2 Å². The highest BCUT2D eigenvalue weighted by molar-refractivity contribution is 6.55. The van der Waals surface area contributed by atoms with Crippen LogP contribution >= 0.6 is 0 Å². The Bertz CT molecular complexity index is 159. The molecular weight excluding hydrogens is 200 g/mol. The zero-order chi connectivity index (χ0) is 11.1. The fourth-order valence-corrected chi connectivity index (χ4v) is 3.63. The number of hydrogen-bond donors (Lipinski definition) is 0. The van der Waals surface area contributed by atoms with Crippen molar-refractivity contribution in [2.24, 2.45) is 5.92 Å². The molecule has 1 aliphatic rings. The molecule has 0 bridgehead atoms. The fraction of sp³-hybridized carbons (Fsp3) is 1.00. The van der Waals surface area contributed by atoms with E-state index in [1.165, 1.54) is 44.6 Å². The van der Waals surface area contributed by atoms with Crippen LogP contribution in [0.2, 0.25) is 19.1 Å². The van der Waals surface area contributed by atoms with Crippen LogP contribution < -0.4 is 0 Å². The molecule has 1 radical (unpaired) electrons. The van der Waals surface area contributed by atoms with E-state index in [1.807, 2.05) is 0 Å². The smallest absolute Gasteiger partial charge is 0.0553 e. The van der Waals surface area contributed by atoms with Crippen LogP contribution in [0.1, 0.15) is 45.4 Å². The van der Waals surface area contributed by atoms with Gasteiger partial charge in [-0.2, -0.15) is 0 Å². The van der Waals surface area contributed by atoms with Crippen molar-refractivity contribution < 1.29 is 4.74 Å². The molecule has 0 spiro atoms. The monoisotopic (exact) mass is 227 g/mol. The summed E-state index contributed by atoms with van der Waals surface area (Å²) >= 11 is 0. The van der Waals surface area contributed by atoms with Crippen molar-refractivity contribution in [2.45, 2.75) is 70.7 Å². The summed E-state index contributed by atoms with van der Waals surface area (Å²) < 4.78 is 5.86. The van der Waals surface area contributed by atoms with Crippen LogP contribution in [0.25, 0.3) is 0 Å². The first-order valence-electron chi connectivity index (χ1n) is 6.63. The summed E-state index contributed by atoms with van der Waals surface area (Å²) in [5, 5.41) is 0. The molecular formula is C13H27OSi. The quantitative estimate of drug-likeness (QED) is 0.470. The van der Waals surface area contributed by atoms with Gasteiger partial charge in [-0.15, -0.1) is 0 Å². The zero-order valence-electron chi connectivity index (χ0n) is 10.7. The van der Waals surface area contributed by atoms with Gasteiger partial charge in [0.2, 0.25) is 0 Å². The van der Waals surface area contributed by atoms with E-state index in [-0.39, 0.29) is 8.80 Å². The van der Waals surface area contributed by atoms with Crippen LogP contribution in [-0.2, 0) is 4.74 Å².